The maximum atomic E-state index is 5.28. The maximum absolute atomic E-state index is 5.28. The molecule has 2 rings (SSSR count). The molecule has 3 heteroatoms. The lowest BCUT2D eigenvalue weighted by molar-refractivity contribution is 0.412. The van der Waals surface area contributed by atoms with Crippen molar-refractivity contribution < 1.29 is 4.74 Å². The quantitative estimate of drug-likeness (QED) is 0.755. The number of methoxy groups -OCH3 is 1. The minimum Gasteiger partial charge on any atom is -0.496 e. The number of rotatable bonds is 2. The second-order valence-corrected chi connectivity index (χ2v) is 4.95. The minimum atomic E-state index is 0.841. The Bertz CT molecular complexity index is 509. The largest absolute Gasteiger partial charge is 0.496 e. The van der Waals surface area contributed by atoms with E-state index in [0.717, 1.165) is 25.8 Å². The molecule has 0 saturated heterocycles. The summed E-state index contributed by atoms with van der Waals surface area (Å²) < 4.78 is 7.33. The number of hydrogen-bond donors (Lipinski definition) is 0. The van der Waals surface area contributed by atoms with Crippen LogP contribution < -0.4 is 4.74 Å². The molecule has 0 amide bonds. The molecule has 0 atom stereocenters. The van der Waals surface area contributed by atoms with Gasteiger partial charge in [-0.3, -0.25) is 0 Å². The summed E-state index contributed by atoms with van der Waals surface area (Å²) >= 11 is 7.12. The van der Waals surface area contributed by atoms with Crippen LogP contribution in [0.25, 0.3) is 11.1 Å². The maximum Gasteiger partial charge on any atom is 0.133 e. The molecule has 0 heterocycles. The van der Waals surface area contributed by atoms with Gasteiger partial charge in [-0.1, -0.05) is 46.3 Å². The van der Waals surface area contributed by atoms with Crippen LogP contribution in [0.2, 0.25) is 0 Å². The van der Waals surface area contributed by atoms with E-state index in [-0.39, 0.29) is 0 Å². The predicted octanol–water partition coefficient (Wildman–Crippen LogP) is 4.89. The molecule has 0 spiro atoms. The summed E-state index contributed by atoms with van der Waals surface area (Å²) in [7, 11) is 1.67. The zero-order valence-corrected chi connectivity index (χ0v) is 11.9. The van der Waals surface area contributed by atoms with Crippen LogP contribution in [0.1, 0.15) is 0 Å². The van der Waals surface area contributed by atoms with Crippen LogP contribution in [0.3, 0.4) is 0 Å². The first kappa shape index (κ1) is 11.7. The molecule has 0 aromatic heterocycles. The molecular weight excluding hydrogens is 332 g/mol. The van der Waals surface area contributed by atoms with Gasteiger partial charge in [-0.15, -0.1) is 0 Å². The molecule has 0 N–H and O–H groups in total. The minimum absolute atomic E-state index is 0.841. The first-order valence-corrected chi connectivity index (χ1v) is 6.40. The van der Waals surface area contributed by atoms with Crippen LogP contribution in [0.5, 0.6) is 5.75 Å². The Hall–Kier alpha value is -0.800. The van der Waals surface area contributed by atoms with E-state index >= 15 is 0 Å². The van der Waals surface area contributed by atoms with Gasteiger partial charge in [-0.05, 0) is 33.6 Å². The SMILES string of the molecule is COc1cccc(-c2ccccc2Br)c1Br. The van der Waals surface area contributed by atoms with E-state index in [1.165, 1.54) is 0 Å². The topological polar surface area (TPSA) is 9.23 Å². The van der Waals surface area contributed by atoms with E-state index in [0.29, 0.717) is 0 Å². The third-order valence-corrected chi connectivity index (χ3v) is 3.86. The zero-order chi connectivity index (χ0) is 11.5. The van der Waals surface area contributed by atoms with Crippen molar-refractivity contribution in [3.05, 3.63) is 51.4 Å². The lowest BCUT2D eigenvalue weighted by Crippen LogP contribution is -1.87. The second kappa shape index (κ2) is 5.02. The summed E-state index contributed by atoms with van der Waals surface area (Å²) in [6.45, 7) is 0. The van der Waals surface area contributed by atoms with Gasteiger partial charge in [-0.25, -0.2) is 0 Å². The highest BCUT2D eigenvalue weighted by atomic mass is 79.9. The van der Waals surface area contributed by atoms with Crippen LogP contribution in [-0.4, -0.2) is 7.11 Å². The molecule has 0 saturated carbocycles. The highest BCUT2D eigenvalue weighted by molar-refractivity contribution is 9.11. The Kier molecular flexibility index (Phi) is 3.66. The van der Waals surface area contributed by atoms with Crippen molar-refractivity contribution in [1.82, 2.24) is 0 Å². The Labute approximate surface area is 112 Å². The summed E-state index contributed by atoms with van der Waals surface area (Å²) in [6.07, 6.45) is 0. The molecule has 0 radical (unpaired) electrons. The van der Waals surface area contributed by atoms with Crippen molar-refractivity contribution in [3.8, 4) is 16.9 Å². The summed E-state index contributed by atoms with van der Waals surface area (Å²) in [6, 6.07) is 14.1. The van der Waals surface area contributed by atoms with E-state index < -0.39 is 0 Å². The number of ether oxygens (including phenoxy) is 1. The second-order valence-electron chi connectivity index (χ2n) is 3.30. The molecule has 82 valence electrons. The summed E-state index contributed by atoms with van der Waals surface area (Å²) in [4.78, 5) is 0. The predicted molar refractivity (Wildman–Crippen MR) is 73.8 cm³/mol. The Morgan fingerprint density at radius 3 is 2.25 bits per heavy atom. The van der Waals surface area contributed by atoms with Crippen LogP contribution in [0.15, 0.2) is 51.4 Å². The van der Waals surface area contributed by atoms with Crippen molar-refractivity contribution >= 4 is 31.9 Å². The van der Waals surface area contributed by atoms with Crippen LogP contribution in [0, 0.1) is 0 Å². The first-order valence-electron chi connectivity index (χ1n) is 4.81. The molecule has 0 aliphatic rings. The Morgan fingerprint density at radius 1 is 0.875 bits per heavy atom. The van der Waals surface area contributed by atoms with Crippen LogP contribution in [-0.2, 0) is 0 Å². The van der Waals surface area contributed by atoms with E-state index in [1.54, 1.807) is 7.11 Å². The molecule has 2 aromatic rings. The van der Waals surface area contributed by atoms with Gasteiger partial charge in [0.2, 0.25) is 0 Å². The van der Waals surface area contributed by atoms with Gasteiger partial charge < -0.3 is 4.74 Å². The van der Waals surface area contributed by atoms with Crippen molar-refractivity contribution in [2.75, 3.05) is 7.11 Å². The third-order valence-electron chi connectivity index (χ3n) is 2.35. The Balaban J connectivity index is 2.61. The average molecular weight is 342 g/mol. The van der Waals surface area contributed by atoms with E-state index in [9.17, 15) is 0 Å². The van der Waals surface area contributed by atoms with Gasteiger partial charge in [0.15, 0.2) is 0 Å². The molecule has 1 nitrogen and oxygen atoms in total. The summed E-state index contributed by atoms with van der Waals surface area (Å²) in [5.41, 5.74) is 2.26. The molecule has 16 heavy (non-hydrogen) atoms. The number of halogens is 2. The standard InChI is InChI=1S/C13H10Br2O/c1-16-12-8-4-6-10(13(12)15)9-5-2-3-7-11(9)14/h2-8H,1H3. The molecule has 0 aliphatic carbocycles. The molecular formula is C13H10Br2O. The van der Waals surface area contributed by atoms with Gasteiger partial charge in [-0.2, -0.15) is 0 Å². The monoisotopic (exact) mass is 340 g/mol. The van der Waals surface area contributed by atoms with Gasteiger partial charge in [0.1, 0.15) is 5.75 Å². The smallest absolute Gasteiger partial charge is 0.133 e. The van der Waals surface area contributed by atoms with Crippen molar-refractivity contribution in [2.24, 2.45) is 0 Å². The normalized spacial score (nSPS) is 10.2. The van der Waals surface area contributed by atoms with Crippen molar-refractivity contribution in [3.63, 3.8) is 0 Å². The van der Waals surface area contributed by atoms with E-state index in [4.69, 9.17) is 4.74 Å². The van der Waals surface area contributed by atoms with Crippen LogP contribution >= 0.6 is 31.9 Å². The van der Waals surface area contributed by atoms with Crippen LogP contribution in [0.4, 0.5) is 0 Å². The Morgan fingerprint density at radius 2 is 1.56 bits per heavy atom. The van der Waals surface area contributed by atoms with Gasteiger partial charge in [0.05, 0.1) is 11.6 Å². The third kappa shape index (κ3) is 2.15. The summed E-state index contributed by atoms with van der Waals surface area (Å²) in [5, 5.41) is 0. The highest BCUT2D eigenvalue weighted by Crippen LogP contribution is 2.38. The molecule has 0 aliphatic heterocycles. The van der Waals surface area contributed by atoms with Gasteiger partial charge in [0.25, 0.3) is 0 Å². The first-order chi connectivity index (χ1) is 7.74. The van der Waals surface area contributed by atoms with Gasteiger partial charge >= 0.3 is 0 Å². The van der Waals surface area contributed by atoms with Crippen molar-refractivity contribution in [2.45, 2.75) is 0 Å². The fourth-order valence-corrected chi connectivity index (χ4v) is 2.69. The fraction of sp³-hybridized carbons (Fsp3) is 0.0769. The average Bonchev–Trinajstić information content (AvgIpc) is 2.31. The van der Waals surface area contributed by atoms with E-state index in [2.05, 4.69) is 44.0 Å². The molecule has 0 unspecified atom stereocenters. The highest BCUT2D eigenvalue weighted by Gasteiger charge is 2.09. The van der Waals surface area contributed by atoms with E-state index in [1.807, 2.05) is 30.3 Å². The molecule has 2 aromatic carbocycles. The molecule has 0 fully saturated rings. The fourth-order valence-electron chi connectivity index (χ4n) is 1.56. The lowest BCUT2D eigenvalue weighted by Gasteiger charge is -2.10. The van der Waals surface area contributed by atoms with Gasteiger partial charge in [0, 0.05) is 10.0 Å². The van der Waals surface area contributed by atoms with Crippen molar-refractivity contribution in [1.29, 1.82) is 0 Å². The summed E-state index contributed by atoms with van der Waals surface area (Å²) in [5.74, 6) is 0.841. The zero-order valence-electron chi connectivity index (χ0n) is 8.71. The lowest BCUT2D eigenvalue weighted by atomic mass is 10.1. The number of hydrogen-bond acceptors (Lipinski definition) is 1. The molecule has 0 bridgehead atoms. The number of benzene rings is 2.